The molecule has 0 radical (unpaired) electrons. The average Bonchev–Trinajstić information content (AvgIpc) is 2.27. The van der Waals surface area contributed by atoms with E-state index in [0.29, 0.717) is 32.8 Å². The Morgan fingerprint density at radius 3 is 1.82 bits per heavy atom. The van der Waals surface area contributed by atoms with Gasteiger partial charge in [0.2, 0.25) is 0 Å². The molecule has 0 atom stereocenters. The molecule has 0 spiro atoms. The highest BCUT2D eigenvalue weighted by Crippen LogP contribution is 2.47. The van der Waals surface area contributed by atoms with Gasteiger partial charge in [-0.3, -0.25) is 9.46 Å². The summed E-state index contributed by atoms with van der Waals surface area (Å²) in [6.07, 6.45) is 0.272. The molecule has 0 saturated heterocycles. The standard InChI is InChI=1S/C10H24NO5P/c1-3-15-17(14,16-4-2)10-7-11(5-8-12)6-9-13/h12-13H,3-10H2,1-2H3. The molecule has 0 amide bonds. The molecule has 17 heavy (non-hydrogen) atoms. The highest BCUT2D eigenvalue weighted by atomic mass is 31.2. The highest BCUT2D eigenvalue weighted by Gasteiger charge is 2.24. The molecule has 0 aromatic carbocycles. The molecule has 0 fully saturated rings. The Bertz CT molecular complexity index is 211. The summed E-state index contributed by atoms with van der Waals surface area (Å²) in [5.74, 6) is 0. The van der Waals surface area contributed by atoms with Crippen LogP contribution in [0.25, 0.3) is 0 Å². The lowest BCUT2D eigenvalue weighted by Gasteiger charge is -2.23. The number of nitrogens with zero attached hydrogens (tertiary/aromatic N) is 1. The molecule has 0 aliphatic carbocycles. The fourth-order valence-electron chi connectivity index (χ4n) is 1.44. The molecule has 104 valence electrons. The van der Waals surface area contributed by atoms with Crippen LogP contribution in [0.15, 0.2) is 0 Å². The fourth-order valence-corrected chi connectivity index (χ4v) is 3.09. The Morgan fingerprint density at radius 1 is 1.00 bits per heavy atom. The molecule has 0 heterocycles. The lowest BCUT2D eigenvalue weighted by atomic mass is 10.5. The van der Waals surface area contributed by atoms with E-state index in [9.17, 15) is 4.57 Å². The maximum absolute atomic E-state index is 12.1. The molecule has 0 unspecified atom stereocenters. The van der Waals surface area contributed by atoms with Crippen molar-refractivity contribution in [2.24, 2.45) is 0 Å². The molecule has 0 saturated carbocycles. The Kier molecular flexibility index (Phi) is 10.0. The van der Waals surface area contributed by atoms with Crippen molar-refractivity contribution in [3.8, 4) is 0 Å². The minimum atomic E-state index is -3.03. The maximum atomic E-state index is 12.1. The summed E-state index contributed by atoms with van der Waals surface area (Å²) in [6, 6.07) is 0. The minimum Gasteiger partial charge on any atom is -0.395 e. The van der Waals surface area contributed by atoms with Crippen LogP contribution in [-0.2, 0) is 13.6 Å². The first-order valence-electron chi connectivity index (χ1n) is 5.94. The van der Waals surface area contributed by atoms with Crippen molar-refractivity contribution >= 4 is 7.60 Å². The normalized spacial score (nSPS) is 12.3. The van der Waals surface area contributed by atoms with Crippen LogP contribution >= 0.6 is 7.60 Å². The average molecular weight is 269 g/mol. The quantitative estimate of drug-likeness (QED) is 0.533. The zero-order chi connectivity index (χ0) is 13.1. The van der Waals surface area contributed by atoms with Gasteiger partial charge in [0.05, 0.1) is 32.6 Å². The van der Waals surface area contributed by atoms with E-state index in [2.05, 4.69) is 0 Å². The molecular weight excluding hydrogens is 245 g/mol. The van der Waals surface area contributed by atoms with Gasteiger partial charge in [-0.1, -0.05) is 0 Å². The maximum Gasteiger partial charge on any atom is 0.331 e. The summed E-state index contributed by atoms with van der Waals surface area (Å²) in [5.41, 5.74) is 0. The first-order chi connectivity index (χ1) is 8.11. The second-order valence-corrected chi connectivity index (χ2v) is 5.64. The molecule has 0 aliphatic rings. The number of aliphatic hydroxyl groups is 2. The first kappa shape index (κ1) is 17.0. The third-order valence-electron chi connectivity index (χ3n) is 2.17. The van der Waals surface area contributed by atoms with Crippen LogP contribution in [0.3, 0.4) is 0 Å². The van der Waals surface area contributed by atoms with Crippen molar-refractivity contribution in [1.29, 1.82) is 0 Å². The number of rotatable bonds is 11. The SMILES string of the molecule is CCOP(=O)(CCN(CCO)CCO)OCC. The van der Waals surface area contributed by atoms with Crippen LogP contribution in [0.4, 0.5) is 0 Å². The van der Waals surface area contributed by atoms with E-state index in [4.69, 9.17) is 19.3 Å². The van der Waals surface area contributed by atoms with Crippen LogP contribution in [0, 0.1) is 0 Å². The van der Waals surface area contributed by atoms with Crippen molar-refractivity contribution in [2.75, 3.05) is 52.2 Å². The molecule has 0 bridgehead atoms. The molecular formula is C10H24NO5P. The van der Waals surface area contributed by atoms with Crippen molar-refractivity contribution in [3.05, 3.63) is 0 Å². The summed E-state index contributed by atoms with van der Waals surface area (Å²) in [5, 5.41) is 17.7. The molecule has 2 N–H and O–H groups in total. The van der Waals surface area contributed by atoms with Gasteiger partial charge in [-0.05, 0) is 13.8 Å². The van der Waals surface area contributed by atoms with Gasteiger partial charge in [0.15, 0.2) is 0 Å². The fraction of sp³-hybridized carbons (Fsp3) is 1.00. The zero-order valence-corrected chi connectivity index (χ0v) is 11.6. The third-order valence-corrected chi connectivity index (χ3v) is 4.23. The van der Waals surface area contributed by atoms with Gasteiger partial charge in [-0.2, -0.15) is 0 Å². The second kappa shape index (κ2) is 10.00. The van der Waals surface area contributed by atoms with E-state index in [0.717, 1.165) is 0 Å². The molecule has 0 rings (SSSR count). The molecule has 7 heteroatoms. The first-order valence-corrected chi connectivity index (χ1v) is 7.66. The van der Waals surface area contributed by atoms with Crippen molar-refractivity contribution in [1.82, 2.24) is 4.90 Å². The highest BCUT2D eigenvalue weighted by molar-refractivity contribution is 7.53. The van der Waals surface area contributed by atoms with Crippen LogP contribution in [0.2, 0.25) is 0 Å². The van der Waals surface area contributed by atoms with E-state index in [-0.39, 0.29) is 19.4 Å². The second-order valence-electron chi connectivity index (χ2n) is 3.46. The Morgan fingerprint density at radius 2 is 1.47 bits per heavy atom. The van der Waals surface area contributed by atoms with Crippen LogP contribution in [0.5, 0.6) is 0 Å². The minimum absolute atomic E-state index is 0.00751. The third kappa shape index (κ3) is 7.86. The van der Waals surface area contributed by atoms with Crippen LogP contribution in [0.1, 0.15) is 13.8 Å². The van der Waals surface area contributed by atoms with Crippen molar-refractivity contribution in [2.45, 2.75) is 13.8 Å². The molecule has 0 aromatic rings. The summed E-state index contributed by atoms with van der Waals surface area (Å²) >= 11 is 0. The predicted molar refractivity (Wildman–Crippen MR) is 66.3 cm³/mol. The van der Waals surface area contributed by atoms with Crippen LogP contribution in [-0.4, -0.2) is 67.3 Å². The van der Waals surface area contributed by atoms with E-state index >= 15 is 0 Å². The largest absolute Gasteiger partial charge is 0.395 e. The summed E-state index contributed by atoms with van der Waals surface area (Å²) in [4.78, 5) is 1.82. The zero-order valence-electron chi connectivity index (χ0n) is 10.7. The van der Waals surface area contributed by atoms with Gasteiger partial charge in [0, 0.05) is 19.6 Å². The van der Waals surface area contributed by atoms with Gasteiger partial charge in [0.1, 0.15) is 0 Å². The van der Waals surface area contributed by atoms with E-state index in [1.807, 2.05) is 4.90 Å². The number of hydrogen-bond acceptors (Lipinski definition) is 6. The van der Waals surface area contributed by atoms with Crippen molar-refractivity contribution < 1.29 is 23.8 Å². The summed E-state index contributed by atoms with van der Waals surface area (Å²) in [7, 11) is -3.03. The molecule has 0 aromatic heterocycles. The van der Waals surface area contributed by atoms with Crippen molar-refractivity contribution in [3.63, 3.8) is 0 Å². The Balaban J connectivity index is 4.20. The topological polar surface area (TPSA) is 79.2 Å². The lowest BCUT2D eigenvalue weighted by Crippen LogP contribution is -2.32. The van der Waals surface area contributed by atoms with E-state index in [1.54, 1.807) is 13.8 Å². The Labute approximate surface area is 103 Å². The number of hydrogen-bond donors (Lipinski definition) is 2. The Hall–Kier alpha value is 0.0300. The smallest absolute Gasteiger partial charge is 0.331 e. The van der Waals surface area contributed by atoms with Gasteiger partial charge in [0.25, 0.3) is 0 Å². The number of aliphatic hydroxyl groups excluding tert-OH is 2. The summed E-state index contributed by atoms with van der Waals surface area (Å²) in [6.45, 7) is 5.60. The van der Waals surface area contributed by atoms with Crippen LogP contribution < -0.4 is 0 Å². The van der Waals surface area contributed by atoms with Gasteiger partial charge < -0.3 is 19.3 Å². The lowest BCUT2D eigenvalue weighted by molar-refractivity contribution is 0.161. The molecule has 6 nitrogen and oxygen atoms in total. The monoisotopic (exact) mass is 269 g/mol. The molecule has 0 aliphatic heterocycles. The summed E-state index contributed by atoms with van der Waals surface area (Å²) < 4.78 is 22.4. The van der Waals surface area contributed by atoms with Gasteiger partial charge in [-0.15, -0.1) is 0 Å². The van der Waals surface area contributed by atoms with Gasteiger partial charge in [-0.25, -0.2) is 0 Å². The van der Waals surface area contributed by atoms with E-state index < -0.39 is 7.60 Å². The van der Waals surface area contributed by atoms with Gasteiger partial charge >= 0.3 is 7.60 Å². The predicted octanol–water partition coefficient (Wildman–Crippen LogP) is 0.539. The van der Waals surface area contributed by atoms with E-state index in [1.165, 1.54) is 0 Å².